The van der Waals surface area contributed by atoms with Gasteiger partial charge < -0.3 is 14.7 Å². The van der Waals surface area contributed by atoms with Gasteiger partial charge in [0.15, 0.2) is 11.5 Å². The van der Waals surface area contributed by atoms with E-state index in [2.05, 4.69) is 29.2 Å². The van der Waals surface area contributed by atoms with Crippen molar-refractivity contribution in [3.63, 3.8) is 0 Å². The Kier molecular flexibility index (Phi) is 4.00. The quantitative estimate of drug-likeness (QED) is 0.927. The van der Waals surface area contributed by atoms with Crippen molar-refractivity contribution in [1.29, 1.82) is 0 Å². The first-order chi connectivity index (χ1) is 10.3. The molecule has 0 unspecified atom stereocenters. The lowest BCUT2D eigenvalue weighted by atomic mass is 10.0. The number of ether oxygens (including phenoxy) is 1. The number of fused-ring (bicyclic) bond motifs is 1. The van der Waals surface area contributed by atoms with E-state index in [9.17, 15) is 5.11 Å². The van der Waals surface area contributed by atoms with Crippen molar-refractivity contribution in [2.24, 2.45) is 0 Å². The number of anilines is 1. The average molecular weight is 283 g/mol. The lowest BCUT2D eigenvalue weighted by molar-refractivity contribution is 0.316. The molecule has 2 aromatic carbocycles. The number of para-hydroxylation sites is 2. The van der Waals surface area contributed by atoms with Crippen molar-refractivity contribution in [3.05, 3.63) is 53.6 Å². The summed E-state index contributed by atoms with van der Waals surface area (Å²) in [6.07, 6.45) is 2.29. The van der Waals surface area contributed by atoms with Gasteiger partial charge in [-0.3, -0.25) is 0 Å². The fraction of sp³-hybridized carbons (Fsp3) is 0.333. The Morgan fingerprint density at radius 3 is 2.86 bits per heavy atom. The molecule has 3 nitrogen and oxygen atoms in total. The first-order valence-electron chi connectivity index (χ1n) is 7.56. The summed E-state index contributed by atoms with van der Waals surface area (Å²) in [6.45, 7) is 4.22. The number of hydrogen-bond acceptors (Lipinski definition) is 3. The van der Waals surface area contributed by atoms with Gasteiger partial charge in [-0.05, 0) is 37.5 Å². The molecule has 0 spiro atoms. The van der Waals surface area contributed by atoms with Crippen LogP contribution in [-0.2, 0) is 13.0 Å². The number of rotatable bonds is 4. The van der Waals surface area contributed by atoms with Crippen molar-refractivity contribution in [2.45, 2.75) is 26.3 Å². The van der Waals surface area contributed by atoms with Crippen LogP contribution in [0.5, 0.6) is 11.5 Å². The van der Waals surface area contributed by atoms with Crippen LogP contribution in [0.2, 0.25) is 0 Å². The number of hydrogen-bond donors (Lipinski definition) is 1. The van der Waals surface area contributed by atoms with E-state index in [1.165, 1.54) is 11.3 Å². The largest absolute Gasteiger partial charge is 0.504 e. The Bertz CT molecular complexity index is 624. The first-order valence-corrected chi connectivity index (χ1v) is 7.56. The fourth-order valence-corrected chi connectivity index (χ4v) is 2.95. The van der Waals surface area contributed by atoms with Crippen molar-refractivity contribution in [1.82, 2.24) is 0 Å². The summed E-state index contributed by atoms with van der Waals surface area (Å²) in [5.41, 5.74) is 3.59. The Hall–Kier alpha value is -2.16. The molecule has 2 aromatic rings. The van der Waals surface area contributed by atoms with Gasteiger partial charge in [-0.1, -0.05) is 30.3 Å². The zero-order valence-corrected chi connectivity index (χ0v) is 12.4. The monoisotopic (exact) mass is 283 g/mol. The van der Waals surface area contributed by atoms with Gasteiger partial charge in [0.1, 0.15) is 0 Å². The molecule has 0 bridgehead atoms. The SMILES string of the molecule is CCOc1cccc(CN2CCCc3ccccc32)c1O. The van der Waals surface area contributed by atoms with Crippen LogP contribution >= 0.6 is 0 Å². The molecule has 0 saturated carbocycles. The predicted octanol–water partition coefficient (Wildman–Crippen LogP) is 3.74. The molecule has 0 aliphatic carbocycles. The highest BCUT2D eigenvalue weighted by atomic mass is 16.5. The number of phenolic OH excluding ortho intramolecular Hbond substituents is 1. The molecule has 0 atom stereocenters. The van der Waals surface area contributed by atoms with E-state index >= 15 is 0 Å². The van der Waals surface area contributed by atoms with E-state index in [1.54, 1.807) is 0 Å². The molecular formula is C18H21NO2. The van der Waals surface area contributed by atoms with E-state index in [1.807, 2.05) is 25.1 Å². The summed E-state index contributed by atoms with van der Waals surface area (Å²) >= 11 is 0. The van der Waals surface area contributed by atoms with Crippen molar-refractivity contribution in [2.75, 3.05) is 18.1 Å². The van der Waals surface area contributed by atoms with Crippen LogP contribution in [-0.4, -0.2) is 18.3 Å². The van der Waals surface area contributed by atoms with Crippen molar-refractivity contribution < 1.29 is 9.84 Å². The second kappa shape index (κ2) is 6.08. The molecule has 3 rings (SSSR count). The number of nitrogens with zero attached hydrogens (tertiary/aromatic N) is 1. The standard InChI is InChI=1S/C18H21NO2/c1-2-21-17-11-5-8-15(18(17)20)13-19-12-6-9-14-7-3-4-10-16(14)19/h3-5,7-8,10-11,20H,2,6,9,12-13H2,1H3. The van der Waals surface area contributed by atoms with E-state index in [0.717, 1.165) is 24.9 Å². The third-order valence-corrected chi connectivity index (χ3v) is 3.95. The van der Waals surface area contributed by atoms with Crippen molar-refractivity contribution >= 4 is 5.69 Å². The van der Waals surface area contributed by atoms with Gasteiger partial charge in [0.05, 0.1) is 6.61 Å². The maximum Gasteiger partial charge on any atom is 0.162 e. The number of aromatic hydroxyl groups is 1. The van der Waals surface area contributed by atoms with E-state index < -0.39 is 0 Å². The van der Waals surface area contributed by atoms with Gasteiger partial charge in [0.25, 0.3) is 0 Å². The van der Waals surface area contributed by atoms with Crippen LogP contribution < -0.4 is 9.64 Å². The van der Waals surface area contributed by atoms with Crippen molar-refractivity contribution in [3.8, 4) is 11.5 Å². The summed E-state index contributed by atoms with van der Waals surface area (Å²) in [4.78, 5) is 2.34. The second-order valence-electron chi connectivity index (χ2n) is 5.35. The smallest absolute Gasteiger partial charge is 0.162 e. The molecule has 1 aliphatic heterocycles. The van der Waals surface area contributed by atoms with Gasteiger partial charge in [-0.25, -0.2) is 0 Å². The van der Waals surface area contributed by atoms with Gasteiger partial charge in [0.2, 0.25) is 0 Å². The fourth-order valence-electron chi connectivity index (χ4n) is 2.95. The molecule has 0 aromatic heterocycles. The minimum atomic E-state index is 0.266. The van der Waals surface area contributed by atoms with Gasteiger partial charge in [0, 0.05) is 24.3 Å². The summed E-state index contributed by atoms with van der Waals surface area (Å²) in [6, 6.07) is 14.2. The highest BCUT2D eigenvalue weighted by Gasteiger charge is 2.18. The molecule has 1 heterocycles. The number of aryl methyl sites for hydroxylation is 1. The Morgan fingerprint density at radius 2 is 2.00 bits per heavy atom. The summed E-state index contributed by atoms with van der Waals surface area (Å²) in [5.74, 6) is 0.836. The van der Waals surface area contributed by atoms with E-state index in [0.29, 0.717) is 18.9 Å². The molecule has 0 radical (unpaired) electrons. The maximum atomic E-state index is 10.3. The number of phenols is 1. The molecule has 1 N–H and O–H groups in total. The van der Waals surface area contributed by atoms with Crippen LogP contribution in [0.15, 0.2) is 42.5 Å². The van der Waals surface area contributed by atoms with Gasteiger partial charge in [-0.2, -0.15) is 0 Å². The Labute approximate surface area is 125 Å². The molecular weight excluding hydrogens is 262 g/mol. The molecule has 0 fully saturated rings. The highest BCUT2D eigenvalue weighted by Crippen LogP contribution is 2.33. The zero-order valence-electron chi connectivity index (χ0n) is 12.4. The van der Waals surface area contributed by atoms with E-state index in [4.69, 9.17) is 4.74 Å². The minimum absolute atomic E-state index is 0.266. The molecule has 3 heteroatoms. The molecule has 110 valence electrons. The number of benzene rings is 2. The van der Waals surface area contributed by atoms with Gasteiger partial charge >= 0.3 is 0 Å². The van der Waals surface area contributed by atoms with Crippen LogP contribution in [0.4, 0.5) is 5.69 Å². The topological polar surface area (TPSA) is 32.7 Å². The van der Waals surface area contributed by atoms with E-state index in [-0.39, 0.29) is 5.75 Å². The Morgan fingerprint density at radius 1 is 1.14 bits per heavy atom. The van der Waals surface area contributed by atoms with Crippen LogP contribution in [0.3, 0.4) is 0 Å². The van der Waals surface area contributed by atoms with Crippen LogP contribution in [0.25, 0.3) is 0 Å². The molecule has 0 amide bonds. The van der Waals surface area contributed by atoms with Crippen LogP contribution in [0, 0.1) is 0 Å². The molecule has 21 heavy (non-hydrogen) atoms. The summed E-state index contributed by atoms with van der Waals surface area (Å²) in [5, 5.41) is 10.3. The minimum Gasteiger partial charge on any atom is -0.504 e. The Balaban J connectivity index is 1.86. The molecule has 0 saturated heterocycles. The third-order valence-electron chi connectivity index (χ3n) is 3.95. The normalized spacial score (nSPS) is 13.9. The van der Waals surface area contributed by atoms with Crippen LogP contribution in [0.1, 0.15) is 24.5 Å². The zero-order chi connectivity index (χ0) is 14.7. The van der Waals surface area contributed by atoms with Gasteiger partial charge in [-0.15, -0.1) is 0 Å². The lowest BCUT2D eigenvalue weighted by Gasteiger charge is -2.31. The average Bonchev–Trinajstić information content (AvgIpc) is 2.52. The lowest BCUT2D eigenvalue weighted by Crippen LogP contribution is -2.28. The highest BCUT2D eigenvalue weighted by molar-refractivity contribution is 5.57. The first kappa shape index (κ1) is 13.8. The maximum absolute atomic E-state index is 10.3. The summed E-state index contributed by atoms with van der Waals surface area (Å²) < 4.78 is 5.47. The summed E-state index contributed by atoms with van der Waals surface area (Å²) in [7, 11) is 0. The second-order valence-corrected chi connectivity index (χ2v) is 5.35. The predicted molar refractivity (Wildman–Crippen MR) is 85.1 cm³/mol. The molecule has 1 aliphatic rings. The third kappa shape index (κ3) is 2.82.